The molecule has 144 valence electrons. The Kier molecular flexibility index (Phi) is 7.82. The van der Waals surface area contributed by atoms with Gasteiger partial charge in [-0.2, -0.15) is 0 Å². The average molecular weight is 379 g/mol. The summed E-state index contributed by atoms with van der Waals surface area (Å²) in [5.41, 5.74) is 0. The summed E-state index contributed by atoms with van der Waals surface area (Å²) in [5.74, 6) is 1.32. The molecular weight excluding hydrogens is 348 g/mol. The third-order valence-electron chi connectivity index (χ3n) is 4.51. The van der Waals surface area contributed by atoms with E-state index in [1.807, 2.05) is 36.1 Å². The van der Waals surface area contributed by atoms with Gasteiger partial charge in [0.05, 0.1) is 18.3 Å². The molecule has 1 aliphatic rings. The van der Waals surface area contributed by atoms with Gasteiger partial charge in [-0.25, -0.2) is 0 Å². The van der Waals surface area contributed by atoms with Crippen LogP contribution in [-0.4, -0.2) is 48.7 Å². The lowest BCUT2D eigenvalue weighted by atomic mass is 9.96. The molecule has 1 heterocycles. The smallest absolute Gasteiger partial charge is 0.235 e. The number of carbonyl (C=O) groups is 2. The molecule has 0 aliphatic carbocycles. The maximum absolute atomic E-state index is 12.8. The van der Waals surface area contributed by atoms with E-state index in [0.717, 1.165) is 30.0 Å². The minimum absolute atomic E-state index is 0.0756. The van der Waals surface area contributed by atoms with E-state index in [0.29, 0.717) is 19.0 Å². The summed E-state index contributed by atoms with van der Waals surface area (Å²) in [5, 5.41) is 2.82. The fraction of sp³-hybridized carbons (Fsp3) is 0.600. The van der Waals surface area contributed by atoms with E-state index >= 15 is 0 Å². The molecule has 0 bridgehead atoms. The zero-order valence-electron chi connectivity index (χ0n) is 16.2. The number of methoxy groups -OCH3 is 1. The van der Waals surface area contributed by atoms with Crippen molar-refractivity contribution in [2.24, 2.45) is 11.8 Å². The first-order valence-corrected chi connectivity index (χ1v) is 10.2. The van der Waals surface area contributed by atoms with Crippen LogP contribution in [0.15, 0.2) is 29.2 Å². The van der Waals surface area contributed by atoms with Crippen LogP contribution in [0.1, 0.15) is 33.6 Å². The van der Waals surface area contributed by atoms with Crippen molar-refractivity contribution in [2.45, 2.75) is 43.8 Å². The van der Waals surface area contributed by atoms with E-state index < -0.39 is 0 Å². The monoisotopic (exact) mass is 378 g/mol. The van der Waals surface area contributed by atoms with Gasteiger partial charge in [-0.1, -0.05) is 13.8 Å². The Morgan fingerprint density at radius 3 is 2.58 bits per heavy atom. The molecule has 0 unspecified atom stereocenters. The molecule has 1 aromatic carbocycles. The zero-order chi connectivity index (χ0) is 19.1. The quantitative estimate of drug-likeness (QED) is 0.741. The minimum atomic E-state index is -0.180. The Labute approximate surface area is 160 Å². The van der Waals surface area contributed by atoms with Crippen molar-refractivity contribution >= 4 is 23.6 Å². The number of thioether (sulfide) groups is 1. The lowest BCUT2D eigenvalue weighted by molar-refractivity contribution is -0.135. The minimum Gasteiger partial charge on any atom is -0.497 e. The molecule has 26 heavy (non-hydrogen) atoms. The number of amides is 2. The molecule has 1 fully saturated rings. The highest BCUT2D eigenvalue weighted by Crippen LogP contribution is 2.28. The van der Waals surface area contributed by atoms with Gasteiger partial charge < -0.3 is 15.0 Å². The topological polar surface area (TPSA) is 58.6 Å². The van der Waals surface area contributed by atoms with Gasteiger partial charge in [0.25, 0.3) is 0 Å². The number of piperidine rings is 1. The van der Waals surface area contributed by atoms with Crippen LogP contribution in [0.5, 0.6) is 5.75 Å². The summed E-state index contributed by atoms with van der Waals surface area (Å²) in [6.07, 6.45) is 1.74. The third kappa shape index (κ3) is 5.94. The molecule has 5 nitrogen and oxygen atoms in total. The lowest BCUT2D eigenvalue weighted by Crippen LogP contribution is -2.47. The van der Waals surface area contributed by atoms with E-state index in [2.05, 4.69) is 19.2 Å². The second-order valence-electron chi connectivity index (χ2n) is 7.20. The van der Waals surface area contributed by atoms with Crippen LogP contribution in [0.2, 0.25) is 0 Å². The van der Waals surface area contributed by atoms with E-state index in [1.165, 1.54) is 0 Å². The first-order chi connectivity index (χ1) is 12.4. The molecule has 1 saturated heterocycles. The maximum atomic E-state index is 12.8. The van der Waals surface area contributed by atoms with Crippen molar-refractivity contribution in [1.29, 1.82) is 0 Å². The van der Waals surface area contributed by atoms with Crippen LogP contribution in [0, 0.1) is 11.8 Å². The van der Waals surface area contributed by atoms with Gasteiger partial charge in [0, 0.05) is 24.5 Å². The van der Waals surface area contributed by atoms with Crippen LogP contribution in [-0.2, 0) is 9.59 Å². The molecule has 6 heteroatoms. The van der Waals surface area contributed by atoms with Crippen LogP contribution in [0.4, 0.5) is 0 Å². The number of benzene rings is 1. The third-order valence-corrected chi connectivity index (χ3v) is 5.61. The fourth-order valence-corrected chi connectivity index (χ4v) is 3.96. The van der Waals surface area contributed by atoms with E-state index in [9.17, 15) is 9.59 Å². The number of likely N-dealkylation sites (tertiary alicyclic amines) is 1. The summed E-state index contributed by atoms with van der Waals surface area (Å²) >= 11 is 1.54. The van der Waals surface area contributed by atoms with Gasteiger partial charge in [-0.3, -0.25) is 9.59 Å². The first kappa shape index (κ1) is 20.6. The van der Waals surface area contributed by atoms with Crippen LogP contribution >= 0.6 is 11.8 Å². The number of nitrogens with one attached hydrogen (secondary N) is 1. The first-order valence-electron chi connectivity index (χ1n) is 9.28. The van der Waals surface area contributed by atoms with Crippen molar-refractivity contribution in [1.82, 2.24) is 10.2 Å². The van der Waals surface area contributed by atoms with Gasteiger partial charge in [-0.15, -0.1) is 11.8 Å². The predicted molar refractivity (Wildman–Crippen MR) is 105 cm³/mol. The van der Waals surface area contributed by atoms with Crippen LogP contribution < -0.4 is 10.1 Å². The Balaban J connectivity index is 1.89. The molecule has 0 radical (unpaired) electrons. The molecule has 2 rings (SSSR count). The number of hydrogen-bond acceptors (Lipinski definition) is 4. The molecule has 0 aromatic heterocycles. The average Bonchev–Trinajstić information content (AvgIpc) is 2.66. The molecule has 2 atom stereocenters. The summed E-state index contributed by atoms with van der Waals surface area (Å²) in [4.78, 5) is 28.0. The van der Waals surface area contributed by atoms with Crippen molar-refractivity contribution in [2.75, 3.05) is 26.7 Å². The highest BCUT2D eigenvalue weighted by Gasteiger charge is 2.30. The number of rotatable bonds is 7. The number of hydrogen-bond donors (Lipinski definition) is 1. The second-order valence-corrected chi connectivity index (χ2v) is 8.61. The number of ether oxygens (including phenoxy) is 1. The SMILES string of the molecule is COc1ccc(S[C@H](C)C(=O)N2CCC[C@H](C(=O)NCC(C)C)C2)cc1. The molecule has 0 spiro atoms. The van der Waals surface area contributed by atoms with Crippen molar-refractivity contribution < 1.29 is 14.3 Å². The maximum Gasteiger partial charge on any atom is 0.235 e. The fourth-order valence-electron chi connectivity index (χ4n) is 3.01. The van der Waals surface area contributed by atoms with Gasteiger partial charge in [0.15, 0.2) is 0 Å². The van der Waals surface area contributed by atoms with Gasteiger partial charge in [0.2, 0.25) is 11.8 Å². The van der Waals surface area contributed by atoms with Crippen molar-refractivity contribution in [3.8, 4) is 5.75 Å². The van der Waals surface area contributed by atoms with Gasteiger partial charge in [0.1, 0.15) is 5.75 Å². The summed E-state index contributed by atoms with van der Waals surface area (Å²) in [6, 6.07) is 7.72. The molecule has 1 aromatic rings. The number of carbonyl (C=O) groups excluding carboxylic acids is 2. The predicted octanol–water partition coefficient (Wildman–Crippen LogP) is 3.19. The lowest BCUT2D eigenvalue weighted by Gasteiger charge is -2.33. The zero-order valence-corrected chi connectivity index (χ0v) is 17.0. The Hall–Kier alpha value is -1.69. The van der Waals surface area contributed by atoms with Crippen molar-refractivity contribution in [3.05, 3.63) is 24.3 Å². The summed E-state index contributed by atoms with van der Waals surface area (Å²) < 4.78 is 5.16. The molecule has 1 N–H and O–H groups in total. The van der Waals surface area contributed by atoms with Crippen molar-refractivity contribution in [3.63, 3.8) is 0 Å². The Morgan fingerprint density at radius 2 is 1.96 bits per heavy atom. The van der Waals surface area contributed by atoms with E-state index in [-0.39, 0.29) is 23.0 Å². The van der Waals surface area contributed by atoms with E-state index in [4.69, 9.17) is 4.74 Å². The second kappa shape index (κ2) is 9.86. The molecule has 2 amide bonds. The van der Waals surface area contributed by atoms with Crippen LogP contribution in [0.25, 0.3) is 0 Å². The Morgan fingerprint density at radius 1 is 1.27 bits per heavy atom. The largest absolute Gasteiger partial charge is 0.497 e. The van der Waals surface area contributed by atoms with Crippen LogP contribution in [0.3, 0.4) is 0 Å². The molecule has 1 aliphatic heterocycles. The highest BCUT2D eigenvalue weighted by molar-refractivity contribution is 8.00. The van der Waals surface area contributed by atoms with Gasteiger partial charge >= 0.3 is 0 Å². The molecule has 0 saturated carbocycles. The molecular formula is C20H30N2O3S. The van der Waals surface area contributed by atoms with E-state index in [1.54, 1.807) is 18.9 Å². The Bertz CT molecular complexity index is 604. The standard InChI is InChI=1S/C20H30N2O3S/c1-14(2)12-21-19(23)16-6-5-11-22(13-16)20(24)15(3)26-18-9-7-17(25-4)8-10-18/h7-10,14-16H,5-6,11-13H2,1-4H3,(H,21,23)/t15-,16+/m1/s1. The van der Waals surface area contributed by atoms with Gasteiger partial charge in [-0.05, 0) is 49.9 Å². The normalized spacial score (nSPS) is 18.5. The summed E-state index contributed by atoms with van der Waals surface area (Å²) in [6.45, 7) is 8.04. The summed E-state index contributed by atoms with van der Waals surface area (Å²) in [7, 11) is 1.64. The number of nitrogens with zero attached hydrogens (tertiary/aromatic N) is 1. The highest BCUT2D eigenvalue weighted by atomic mass is 32.2.